The van der Waals surface area contributed by atoms with Crippen LogP contribution in [-0.4, -0.2) is 22.6 Å². The van der Waals surface area contributed by atoms with E-state index in [2.05, 4.69) is 27.7 Å². The first-order valence-electron chi connectivity index (χ1n) is 12.0. The van der Waals surface area contributed by atoms with Crippen LogP contribution in [0.4, 0.5) is 0 Å². The van der Waals surface area contributed by atoms with E-state index in [4.69, 9.17) is 4.74 Å². The molecule has 4 heteroatoms. The Bertz CT molecular complexity index is 614. The zero-order valence-corrected chi connectivity index (χ0v) is 19.2. The fourth-order valence-corrected chi connectivity index (χ4v) is 7.52. The van der Waals surface area contributed by atoms with E-state index in [-0.39, 0.29) is 12.4 Å². The van der Waals surface area contributed by atoms with Gasteiger partial charge in [-0.05, 0) is 74.0 Å². The standard InChI is InChI=1S/C25H42O4/c1-16(2)7-6-8-17(3)19-9-10-20-18-15-23(28)29-25(5,14-12-22(26)27)21(18)11-13-24(19,20)4/h16-21H,6-15H2,1-5H3,(H,26,27)/t17-,18+,19-,20+,21+,24-,25+/m1/s1. The third-order valence-corrected chi connectivity index (χ3v) is 9.01. The van der Waals surface area contributed by atoms with Crippen molar-refractivity contribution in [1.82, 2.24) is 0 Å². The molecule has 1 heterocycles. The number of hydrogen-bond donors (Lipinski definition) is 1. The summed E-state index contributed by atoms with van der Waals surface area (Å²) in [5.74, 6) is 2.61. The van der Waals surface area contributed by atoms with Crippen molar-refractivity contribution in [3.8, 4) is 0 Å². The minimum Gasteiger partial charge on any atom is -0.481 e. The molecule has 7 atom stereocenters. The van der Waals surface area contributed by atoms with Crippen LogP contribution < -0.4 is 0 Å². The van der Waals surface area contributed by atoms with Gasteiger partial charge in [0.05, 0.1) is 0 Å². The lowest BCUT2D eigenvalue weighted by atomic mass is 9.52. The molecule has 4 nitrogen and oxygen atoms in total. The first-order chi connectivity index (χ1) is 13.6. The van der Waals surface area contributed by atoms with Gasteiger partial charge in [0, 0.05) is 18.8 Å². The van der Waals surface area contributed by atoms with Gasteiger partial charge in [-0.2, -0.15) is 0 Å². The maximum atomic E-state index is 12.5. The summed E-state index contributed by atoms with van der Waals surface area (Å²) in [6.45, 7) is 11.6. The number of aliphatic carboxylic acids is 1. The van der Waals surface area contributed by atoms with Crippen molar-refractivity contribution in [1.29, 1.82) is 0 Å². The molecule has 166 valence electrons. The summed E-state index contributed by atoms with van der Waals surface area (Å²) >= 11 is 0. The summed E-state index contributed by atoms with van der Waals surface area (Å²) in [5.41, 5.74) is -0.287. The number of carboxylic acid groups (broad SMARTS) is 1. The molecule has 0 bridgehead atoms. The lowest BCUT2D eigenvalue weighted by molar-refractivity contribution is -0.197. The summed E-state index contributed by atoms with van der Waals surface area (Å²) in [4.78, 5) is 23.7. The van der Waals surface area contributed by atoms with Crippen molar-refractivity contribution in [3.05, 3.63) is 0 Å². The number of carboxylic acids is 1. The second kappa shape index (κ2) is 8.59. The molecule has 0 aromatic rings. The predicted molar refractivity (Wildman–Crippen MR) is 114 cm³/mol. The Balaban J connectivity index is 1.73. The van der Waals surface area contributed by atoms with E-state index in [0.717, 1.165) is 24.2 Å². The predicted octanol–water partition coefficient (Wildman–Crippen LogP) is 6.08. The van der Waals surface area contributed by atoms with Gasteiger partial charge in [0.1, 0.15) is 5.60 Å². The van der Waals surface area contributed by atoms with E-state index in [1.165, 1.54) is 38.5 Å². The Morgan fingerprint density at radius 2 is 1.86 bits per heavy atom. The Morgan fingerprint density at radius 3 is 2.52 bits per heavy atom. The minimum absolute atomic E-state index is 0.0739. The van der Waals surface area contributed by atoms with Gasteiger partial charge >= 0.3 is 11.9 Å². The van der Waals surface area contributed by atoms with Gasteiger partial charge in [-0.3, -0.25) is 9.59 Å². The molecule has 0 spiro atoms. The molecule has 1 saturated heterocycles. The number of fused-ring (bicyclic) bond motifs is 3. The van der Waals surface area contributed by atoms with Crippen molar-refractivity contribution >= 4 is 11.9 Å². The number of ether oxygens (including phenoxy) is 1. The van der Waals surface area contributed by atoms with Gasteiger partial charge in [-0.15, -0.1) is 0 Å². The highest BCUT2D eigenvalue weighted by Gasteiger charge is 2.60. The van der Waals surface area contributed by atoms with Gasteiger partial charge in [0.15, 0.2) is 0 Å². The lowest BCUT2D eigenvalue weighted by Gasteiger charge is -2.56. The first-order valence-corrected chi connectivity index (χ1v) is 12.0. The molecule has 0 aromatic carbocycles. The molecule has 0 unspecified atom stereocenters. The third-order valence-electron chi connectivity index (χ3n) is 9.01. The molecule has 0 radical (unpaired) electrons. The quantitative estimate of drug-likeness (QED) is 0.496. The van der Waals surface area contributed by atoms with Crippen LogP contribution in [0.15, 0.2) is 0 Å². The van der Waals surface area contributed by atoms with Crippen LogP contribution in [0.2, 0.25) is 0 Å². The number of esters is 1. The summed E-state index contributed by atoms with van der Waals surface area (Å²) in [5, 5.41) is 9.17. The molecular formula is C25H42O4. The van der Waals surface area contributed by atoms with Crippen LogP contribution in [0, 0.1) is 40.9 Å². The largest absolute Gasteiger partial charge is 0.481 e. The van der Waals surface area contributed by atoms with Gasteiger partial charge < -0.3 is 9.84 Å². The van der Waals surface area contributed by atoms with Crippen LogP contribution in [-0.2, 0) is 14.3 Å². The summed E-state index contributed by atoms with van der Waals surface area (Å²) in [6.07, 6.45) is 9.76. The topological polar surface area (TPSA) is 63.6 Å². The molecule has 2 saturated carbocycles. The van der Waals surface area contributed by atoms with E-state index >= 15 is 0 Å². The maximum absolute atomic E-state index is 12.5. The Morgan fingerprint density at radius 1 is 1.14 bits per heavy atom. The second-order valence-corrected chi connectivity index (χ2v) is 11.3. The minimum atomic E-state index is -0.804. The normalized spacial score (nSPS) is 40.3. The van der Waals surface area contributed by atoms with Crippen LogP contribution in [0.3, 0.4) is 0 Å². The van der Waals surface area contributed by atoms with Crippen molar-refractivity contribution < 1.29 is 19.4 Å². The molecular weight excluding hydrogens is 364 g/mol. The second-order valence-electron chi connectivity index (χ2n) is 11.3. The highest BCUT2D eigenvalue weighted by atomic mass is 16.6. The van der Waals surface area contributed by atoms with E-state index in [9.17, 15) is 14.7 Å². The van der Waals surface area contributed by atoms with Gasteiger partial charge in [-0.25, -0.2) is 0 Å². The van der Waals surface area contributed by atoms with Gasteiger partial charge in [0.25, 0.3) is 0 Å². The van der Waals surface area contributed by atoms with Crippen molar-refractivity contribution in [2.24, 2.45) is 40.9 Å². The average Bonchev–Trinajstić information content (AvgIpc) is 2.97. The Kier molecular flexibility index (Phi) is 6.70. The first kappa shape index (κ1) is 22.6. The lowest BCUT2D eigenvalue weighted by Crippen LogP contribution is -2.55. The summed E-state index contributed by atoms with van der Waals surface area (Å²) in [7, 11) is 0. The van der Waals surface area contributed by atoms with Gasteiger partial charge in [-0.1, -0.05) is 47.0 Å². The number of rotatable bonds is 8. The molecule has 0 amide bonds. The van der Waals surface area contributed by atoms with E-state index in [0.29, 0.717) is 36.0 Å². The van der Waals surface area contributed by atoms with Crippen molar-refractivity contribution in [2.75, 3.05) is 0 Å². The average molecular weight is 407 g/mol. The van der Waals surface area contributed by atoms with Crippen molar-refractivity contribution in [2.45, 2.75) is 104 Å². The zero-order valence-electron chi connectivity index (χ0n) is 19.2. The number of carbonyl (C=O) groups is 2. The van der Waals surface area contributed by atoms with E-state index in [1.807, 2.05) is 6.92 Å². The van der Waals surface area contributed by atoms with Crippen LogP contribution in [0.25, 0.3) is 0 Å². The summed E-state index contributed by atoms with van der Waals surface area (Å²) < 4.78 is 5.82. The number of cyclic esters (lactones) is 1. The monoisotopic (exact) mass is 406 g/mol. The molecule has 1 aliphatic heterocycles. The molecule has 3 aliphatic rings. The van der Waals surface area contributed by atoms with Crippen molar-refractivity contribution in [3.63, 3.8) is 0 Å². The number of carbonyl (C=O) groups excluding carboxylic acids is 1. The van der Waals surface area contributed by atoms with Crippen LogP contribution in [0.1, 0.15) is 98.8 Å². The highest BCUT2D eigenvalue weighted by Crippen LogP contribution is 2.64. The summed E-state index contributed by atoms with van der Waals surface area (Å²) in [6, 6.07) is 0. The smallest absolute Gasteiger partial charge is 0.306 e. The molecule has 3 fully saturated rings. The van der Waals surface area contributed by atoms with Crippen LogP contribution >= 0.6 is 0 Å². The maximum Gasteiger partial charge on any atom is 0.306 e. The molecule has 3 rings (SSSR count). The zero-order chi connectivity index (χ0) is 21.4. The molecule has 0 aromatic heterocycles. The Labute approximate surface area is 177 Å². The van der Waals surface area contributed by atoms with E-state index < -0.39 is 11.6 Å². The number of hydrogen-bond acceptors (Lipinski definition) is 3. The molecule has 1 N–H and O–H groups in total. The van der Waals surface area contributed by atoms with Crippen LogP contribution in [0.5, 0.6) is 0 Å². The Hall–Kier alpha value is -1.06. The third kappa shape index (κ3) is 4.51. The fourth-order valence-electron chi connectivity index (χ4n) is 7.52. The molecule has 2 aliphatic carbocycles. The molecule has 29 heavy (non-hydrogen) atoms. The van der Waals surface area contributed by atoms with E-state index in [1.54, 1.807) is 0 Å². The SMILES string of the molecule is CC(C)CCC[C@@H](C)[C@H]1CC[C@H]2[C@@H]3CC(=O)O[C@@](C)(CCC(=O)O)[C@H]3CC[C@]12C. The fraction of sp³-hybridized carbons (Fsp3) is 0.920. The highest BCUT2D eigenvalue weighted by molar-refractivity contribution is 5.72. The van der Waals surface area contributed by atoms with Gasteiger partial charge in [0.2, 0.25) is 0 Å².